The highest BCUT2D eigenvalue weighted by Gasteiger charge is 2.13. The molecule has 0 saturated heterocycles. The van der Waals surface area contributed by atoms with Crippen molar-refractivity contribution in [2.75, 3.05) is 29.1 Å². The zero-order chi connectivity index (χ0) is 22.9. The monoisotopic (exact) mass is 431 g/mol. The van der Waals surface area contributed by atoms with Gasteiger partial charge in [0.05, 0.1) is 24.4 Å². The number of benzene rings is 3. The summed E-state index contributed by atoms with van der Waals surface area (Å²) in [6, 6.07) is 20.8. The summed E-state index contributed by atoms with van der Waals surface area (Å²) in [5.74, 6) is 0.0109. The number of Topliss-reactive ketones (excluding diaryl/α,β-unsaturated/α-hetero) is 1. The molecule has 0 aliphatic heterocycles. The first kappa shape index (κ1) is 22.6. The van der Waals surface area contributed by atoms with E-state index in [0.29, 0.717) is 34.8 Å². The summed E-state index contributed by atoms with van der Waals surface area (Å²) >= 11 is 0. The van der Waals surface area contributed by atoms with Gasteiger partial charge in [-0.25, -0.2) is 0 Å². The third-order valence-electron chi connectivity index (χ3n) is 4.59. The molecule has 3 N–H and O–H groups in total. The van der Waals surface area contributed by atoms with Crippen LogP contribution in [0.5, 0.6) is 5.75 Å². The molecule has 0 fully saturated rings. The number of hydrogen-bond acceptors (Lipinski definition) is 5. The molecule has 7 heteroatoms. The van der Waals surface area contributed by atoms with E-state index in [2.05, 4.69) is 16.0 Å². The van der Waals surface area contributed by atoms with Crippen LogP contribution in [0.15, 0.2) is 72.8 Å². The predicted molar refractivity (Wildman–Crippen MR) is 126 cm³/mol. The van der Waals surface area contributed by atoms with E-state index in [-0.39, 0.29) is 24.1 Å². The molecule has 0 bridgehead atoms. The Morgan fingerprint density at radius 1 is 0.844 bits per heavy atom. The fraction of sp³-hybridized carbons (Fsp3) is 0.160. The molecule has 0 aliphatic rings. The van der Waals surface area contributed by atoms with Crippen molar-refractivity contribution in [2.24, 2.45) is 0 Å². The molecule has 0 spiro atoms. The average molecular weight is 431 g/mol. The first-order valence-corrected chi connectivity index (χ1v) is 10.2. The zero-order valence-corrected chi connectivity index (χ0v) is 18.0. The Hall–Kier alpha value is -4.13. The minimum absolute atomic E-state index is 0.0177. The zero-order valence-electron chi connectivity index (χ0n) is 18.0. The van der Waals surface area contributed by atoms with Crippen molar-refractivity contribution in [2.45, 2.75) is 13.8 Å². The van der Waals surface area contributed by atoms with Gasteiger partial charge in [0.15, 0.2) is 5.78 Å². The minimum Gasteiger partial charge on any atom is -0.494 e. The molecule has 0 saturated carbocycles. The van der Waals surface area contributed by atoms with Crippen molar-refractivity contribution in [3.63, 3.8) is 0 Å². The van der Waals surface area contributed by atoms with E-state index in [4.69, 9.17) is 4.74 Å². The number of para-hydroxylation sites is 1. The molecule has 3 aromatic carbocycles. The van der Waals surface area contributed by atoms with Crippen LogP contribution in [0.25, 0.3) is 0 Å². The highest BCUT2D eigenvalue weighted by molar-refractivity contribution is 6.10. The third kappa shape index (κ3) is 6.18. The Morgan fingerprint density at radius 2 is 1.59 bits per heavy atom. The molecule has 3 aromatic rings. The summed E-state index contributed by atoms with van der Waals surface area (Å²) in [6.07, 6.45) is 0. The van der Waals surface area contributed by atoms with Crippen molar-refractivity contribution in [3.8, 4) is 5.75 Å². The average Bonchev–Trinajstić information content (AvgIpc) is 2.79. The molecular weight excluding hydrogens is 406 g/mol. The van der Waals surface area contributed by atoms with Gasteiger partial charge in [0.2, 0.25) is 5.91 Å². The molecule has 0 aromatic heterocycles. The van der Waals surface area contributed by atoms with Crippen LogP contribution in [-0.4, -0.2) is 30.7 Å². The van der Waals surface area contributed by atoms with Crippen LogP contribution in [-0.2, 0) is 4.79 Å². The van der Waals surface area contributed by atoms with Gasteiger partial charge in [-0.15, -0.1) is 0 Å². The molecular formula is C25H25N3O4. The minimum atomic E-state index is -0.341. The maximum absolute atomic E-state index is 12.8. The summed E-state index contributed by atoms with van der Waals surface area (Å²) in [7, 11) is 0. The summed E-state index contributed by atoms with van der Waals surface area (Å²) in [4.78, 5) is 36.7. The number of ketones is 1. The molecule has 0 aliphatic carbocycles. The second-order valence-corrected chi connectivity index (χ2v) is 7.00. The lowest BCUT2D eigenvalue weighted by Crippen LogP contribution is -2.24. The van der Waals surface area contributed by atoms with Crippen LogP contribution in [0.1, 0.15) is 34.6 Å². The van der Waals surface area contributed by atoms with E-state index in [1.165, 1.54) is 6.92 Å². The Bertz CT molecular complexity index is 1110. The number of amides is 2. The molecule has 7 nitrogen and oxygen atoms in total. The molecule has 0 heterocycles. The van der Waals surface area contributed by atoms with Gasteiger partial charge in [-0.1, -0.05) is 24.3 Å². The van der Waals surface area contributed by atoms with Gasteiger partial charge < -0.3 is 20.7 Å². The number of ether oxygens (including phenoxy) is 1. The summed E-state index contributed by atoms with van der Waals surface area (Å²) < 4.78 is 5.40. The Kier molecular flexibility index (Phi) is 7.59. The second kappa shape index (κ2) is 10.8. The maximum atomic E-state index is 12.8. The van der Waals surface area contributed by atoms with Crippen molar-refractivity contribution < 1.29 is 19.1 Å². The lowest BCUT2D eigenvalue weighted by Gasteiger charge is -2.13. The highest BCUT2D eigenvalue weighted by atomic mass is 16.5. The number of nitrogens with one attached hydrogen (secondary N) is 3. The third-order valence-corrected chi connectivity index (χ3v) is 4.59. The fourth-order valence-corrected chi connectivity index (χ4v) is 3.01. The summed E-state index contributed by atoms with van der Waals surface area (Å²) in [5, 5.41) is 8.57. The lowest BCUT2D eigenvalue weighted by atomic mass is 10.1. The molecule has 0 unspecified atom stereocenters. The first-order chi connectivity index (χ1) is 15.5. The maximum Gasteiger partial charge on any atom is 0.257 e. The molecule has 2 amide bonds. The number of carbonyl (C=O) groups excluding carboxylic acids is 3. The predicted octanol–water partition coefficient (Wildman–Crippen LogP) is 4.59. The SMILES string of the molecule is CCOc1ccc(NC(=O)c2ccccc2NC(=O)CNc2cccc(C(C)=O)c2)cc1. The molecule has 3 rings (SSSR count). The van der Waals surface area contributed by atoms with E-state index in [1.54, 1.807) is 72.8 Å². The summed E-state index contributed by atoms with van der Waals surface area (Å²) in [5.41, 5.74) is 2.58. The van der Waals surface area contributed by atoms with Gasteiger partial charge in [-0.05, 0) is 62.4 Å². The van der Waals surface area contributed by atoms with Crippen LogP contribution in [0.3, 0.4) is 0 Å². The quantitative estimate of drug-likeness (QED) is 0.431. The van der Waals surface area contributed by atoms with Gasteiger partial charge in [0.1, 0.15) is 5.75 Å². The Labute approximate surface area is 186 Å². The molecule has 32 heavy (non-hydrogen) atoms. The fourth-order valence-electron chi connectivity index (χ4n) is 3.01. The highest BCUT2D eigenvalue weighted by Crippen LogP contribution is 2.20. The van der Waals surface area contributed by atoms with Gasteiger partial charge >= 0.3 is 0 Å². The van der Waals surface area contributed by atoms with E-state index < -0.39 is 0 Å². The topological polar surface area (TPSA) is 96.5 Å². The number of carbonyl (C=O) groups is 3. The normalized spacial score (nSPS) is 10.2. The van der Waals surface area contributed by atoms with Crippen LogP contribution in [0.4, 0.5) is 17.1 Å². The lowest BCUT2D eigenvalue weighted by molar-refractivity contribution is -0.114. The van der Waals surface area contributed by atoms with E-state index >= 15 is 0 Å². The van der Waals surface area contributed by atoms with Gasteiger partial charge in [-0.3, -0.25) is 14.4 Å². The molecule has 0 radical (unpaired) electrons. The van der Waals surface area contributed by atoms with Crippen molar-refractivity contribution in [3.05, 3.63) is 83.9 Å². The first-order valence-electron chi connectivity index (χ1n) is 10.2. The van der Waals surface area contributed by atoms with Crippen molar-refractivity contribution >= 4 is 34.7 Å². The van der Waals surface area contributed by atoms with Crippen molar-refractivity contribution in [1.29, 1.82) is 0 Å². The van der Waals surface area contributed by atoms with E-state index in [0.717, 1.165) is 5.75 Å². The molecule has 0 atom stereocenters. The molecule has 164 valence electrons. The number of anilines is 3. The van der Waals surface area contributed by atoms with Gasteiger partial charge in [-0.2, -0.15) is 0 Å². The largest absolute Gasteiger partial charge is 0.494 e. The van der Waals surface area contributed by atoms with Crippen molar-refractivity contribution in [1.82, 2.24) is 0 Å². The van der Waals surface area contributed by atoms with Crippen LogP contribution < -0.4 is 20.7 Å². The second-order valence-electron chi connectivity index (χ2n) is 7.00. The van der Waals surface area contributed by atoms with Crippen LogP contribution >= 0.6 is 0 Å². The van der Waals surface area contributed by atoms with Crippen LogP contribution in [0.2, 0.25) is 0 Å². The number of hydrogen-bond donors (Lipinski definition) is 3. The van der Waals surface area contributed by atoms with Crippen LogP contribution in [0, 0.1) is 0 Å². The van der Waals surface area contributed by atoms with Gasteiger partial charge in [0, 0.05) is 16.9 Å². The standard InChI is InChI=1S/C25H25N3O4/c1-3-32-21-13-11-19(12-14-21)27-25(31)22-9-4-5-10-23(22)28-24(30)16-26-20-8-6-7-18(15-20)17(2)29/h4-15,26H,3,16H2,1-2H3,(H,27,31)(H,28,30). The number of rotatable bonds is 9. The Morgan fingerprint density at radius 3 is 2.31 bits per heavy atom. The Balaban J connectivity index is 1.62. The smallest absolute Gasteiger partial charge is 0.257 e. The van der Waals surface area contributed by atoms with Gasteiger partial charge in [0.25, 0.3) is 5.91 Å². The van der Waals surface area contributed by atoms with E-state index in [1.807, 2.05) is 6.92 Å². The van der Waals surface area contributed by atoms with E-state index in [9.17, 15) is 14.4 Å². The summed E-state index contributed by atoms with van der Waals surface area (Å²) in [6.45, 7) is 3.94.